The van der Waals surface area contributed by atoms with E-state index in [9.17, 15) is 14.4 Å². The fourth-order valence-corrected chi connectivity index (χ4v) is 2.64. The van der Waals surface area contributed by atoms with Crippen LogP contribution in [0, 0.1) is 17.1 Å². The largest absolute Gasteiger partial charge is 0.493 e. The first-order valence-corrected chi connectivity index (χ1v) is 9.01. The molecule has 3 rings (SSSR count). The van der Waals surface area contributed by atoms with Gasteiger partial charge in [-0.15, -0.1) is 0 Å². The monoisotopic (exact) mass is 387 g/mol. The maximum Gasteiger partial charge on any atom is 0.314 e. The highest BCUT2D eigenvalue weighted by atomic mass is 19.1. The van der Waals surface area contributed by atoms with Gasteiger partial charge < -0.3 is 9.47 Å². The highest BCUT2D eigenvalue weighted by Crippen LogP contribution is 2.22. The zero-order valence-corrected chi connectivity index (χ0v) is 15.5. The number of para-hydroxylation sites is 1. The van der Waals surface area contributed by atoms with E-state index in [0.29, 0.717) is 17.1 Å². The number of halogens is 1. The van der Waals surface area contributed by atoms with Crippen molar-refractivity contribution in [3.8, 4) is 17.6 Å². The van der Waals surface area contributed by atoms with Gasteiger partial charge in [0.1, 0.15) is 17.3 Å². The molecule has 0 unspecified atom stereocenters. The van der Waals surface area contributed by atoms with Gasteiger partial charge in [0.05, 0.1) is 24.7 Å². The van der Waals surface area contributed by atoms with Crippen molar-refractivity contribution in [3.05, 3.63) is 95.8 Å². The Morgan fingerprint density at radius 1 is 0.966 bits per heavy atom. The first-order chi connectivity index (χ1) is 14.2. The summed E-state index contributed by atoms with van der Waals surface area (Å²) in [5.74, 6) is 0.122. The summed E-state index contributed by atoms with van der Waals surface area (Å²) in [4.78, 5) is 12.0. The molecule has 3 aromatic rings. The van der Waals surface area contributed by atoms with Gasteiger partial charge in [-0.1, -0.05) is 48.5 Å². The molecule has 0 saturated heterocycles. The third-order valence-corrected chi connectivity index (χ3v) is 4.00. The van der Waals surface area contributed by atoms with Crippen LogP contribution < -0.4 is 9.47 Å². The summed E-state index contributed by atoms with van der Waals surface area (Å²) >= 11 is 0. The molecule has 0 aromatic heterocycles. The van der Waals surface area contributed by atoms with E-state index in [1.165, 1.54) is 6.07 Å². The number of nitriles is 1. The lowest BCUT2D eigenvalue weighted by Gasteiger charge is -2.07. The zero-order chi connectivity index (χ0) is 20.5. The van der Waals surface area contributed by atoms with Crippen molar-refractivity contribution in [2.75, 3.05) is 6.61 Å². The molecule has 4 nitrogen and oxygen atoms in total. The van der Waals surface area contributed by atoms with Gasteiger partial charge in [-0.2, -0.15) is 5.26 Å². The summed E-state index contributed by atoms with van der Waals surface area (Å²) in [6.07, 6.45) is 1.64. The van der Waals surface area contributed by atoms with Gasteiger partial charge in [-0.25, -0.2) is 4.39 Å². The fraction of sp³-hybridized carbons (Fsp3) is 0.0833. The molecular weight excluding hydrogens is 369 g/mol. The molecule has 0 spiro atoms. The first-order valence-electron chi connectivity index (χ1n) is 9.01. The van der Waals surface area contributed by atoms with E-state index < -0.39 is 11.8 Å². The molecule has 0 aliphatic rings. The normalized spacial score (nSPS) is 10.8. The molecule has 0 bridgehead atoms. The Labute approximate surface area is 168 Å². The summed E-state index contributed by atoms with van der Waals surface area (Å²) in [5.41, 5.74) is 1.02. The third-order valence-electron chi connectivity index (χ3n) is 4.00. The lowest BCUT2D eigenvalue weighted by atomic mass is 10.0. The molecule has 0 N–H and O–H groups in total. The molecule has 5 heteroatoms. The number of hydrogen-bond acceptors (Lipinski definition) is 4. The quantitative estimate of drug-likeness (QED) is 0.240. The Hall–Kier alpha value is -3.91. The van der Waals surface area contributed by atoms with Crippen molar-refractivity contribution in [3.63, 3.8) is 0 Å². The summed E-state index contributed by atoms with van der Waals surface area (Å²) in [6.45, 7) is 0.203. The average Bonchev–Trinajstić information content (AvgIpc) is 2.74. The lowest BCUT2D eigenvalue weighted by molar-refractivity contribution is -0.134. The molecular formula is C24H18FNO3. The molecule has 144 valence electrons. The van der Waals surface area contributed by atoms with Gasteiger partial charge in [0.2, 0.25) is 0 Å². The Morgan fingerprint density at radius 3 is 2.45 bits per heavy atom. The van der Waals surface area contributed by atoms with E-state index in [2.05, 4.69) is 0 Å². The first kappa shape index (κ1) is 19.8. The smallest absolute Gasteiger partial charge is 0.314 e. The van der Waals surface area contributed by atoms with Gasteiger partial charge in [-0.3, -0.25) is 4.79 Å². The maximum atomic E-state index is 13.9. The molecule has 3 aromatic carbocycles. The third kappa shape index (κ3) is 5.78. The van der Waals surface area contributed by atoms with Gasteiger partial charge in [0, 0.05) is 5.56 Å². The van der Waals surface area contributed by atoms with Crippen molar-refractivity contribution in [2.24, 2.45) is 0 Å². The van der Waals surface area contributed by atoms with Crippen LogP contribution >= 0.6 is 0 Å². The van der Waals surface area contributed by atoms with E-state index in [4.69, 9.17) is 9.47 Å². The van der Waals surface area contributed by atoms with Crippen LogP contribution in [0.3, 0.4) is 0 Å². The predicted molar refractivity (Wildman–Crippen MR) is 109 cm³/mol. The van der Waals surface area contributed by atoms with Crippen LogP contribution in [-0.2, 0) is 4.79 Å². The van der Waals surface area contributed by atoms with Gasteiger partial charge >= 0.3 is 5.97 Å². The van der Waals surface area contributed by atoms with E-state index in [1.54, 1.807) is 48.5 Å². The minimum Gasteiger partial charge on any atom is -0.493 e. The molecule has 0 atom stereocenters. The SMILES string of the molecule is N#C/C(=C/c1cccc(OC(=O)CCOc2ccccc2)c1)c1ccccc1F. The van der Waals surface area contributed by atoms with Crippen molar-refractivity contribution in [1.82, 2.24) is 0 Å². The molecule has 0 radical (unpaired) electrons. The van der Waals surface area contributed by atoms with Crippen molar-refractivity contribution >= 4 is 17.6 Å². The van der Waals surface area contributed by atoms with Gasteiger partial charge in [-0.05, 0) is 42.0 Å². The minimum absolute atomic E-state index is 0.0909. The second-order valence-electron chi connectivity index (χ2n) is 6.11. The van der Waals surface area contributed by atoms with Crippen LogP contribution in [-0.4, -0.2) is 12.6 Å². The van der Waals surface area contributed by atoms with Gasteiger partial charge in [0.25, 0.3) is 0 Å². The van der Waals surface area contributed by atoms with E-state index in [0.717, 1.165) is 0 Å². The topological polar surface area (TPSA) is 59.3 Å². The summed E-state index contributed by atoms with van der Waals surface area (Å²) in [6, 6.07) is 24.0. The average molecular weight is 387 g/mol. The number of nitrogens with zero attached hydrogens (tertiary/aromatic N) is 1. The highest BCUT2D eigenvalue weighted by molar-refractivity contribution is 5.90. The second kappa shape index (κ2) is 9.86. The van der Waals surface area contributed by atoms with Crippen molar-refractivity contribution < 1.29 is 18.7 Å². The van der Waals surface area contributed by atoms with Crippen molar-refractivity contribution in [1.29, 1.82) is 5.26 Å². The zero-order valence-electron chi connectivity index (χ0n) is 15.5. The van der Waals surface area contributed by atoms with Crippen LogP contribution in [0.4, 0.5) is 4.39 Å². The number of esters is 1. The number of carbonyl (C=O) groups is 1. The number of allylic oxidation sites excluding steroid dienone is 1. The molecule has 0 saturated carbocycles. The van der Waals surface area contributed by atoms with E-state index >= 15 is 0 Å². The van der Waals surface area contributed by atoms with Crippen LogP contribution in [0.1, 0.15) is 17.5 Å². The fourth-order valence-electron chi connectivity index (χ4n) is 2.64. The number of hydrogen-bond donors (Lipinski definition) is 0. The molecule has 29 heavy (non-hydrogen) atoms. The highest BCUT2D eigenvalue weighted by Gasteiger charge is 2.09. The molecule has 0 aliphatic carbocycles. The standard InChI is InChI=1S/C24H18FNO3/c25-23-12-5-4-11-22(23)19(17-26)15-18-7-6-10-21(16-18)29-24(27)13-14-28-20-8-2-1-3-9-20/h1-12,15-16H,13-14H2/b19-15-. The molecule has 0 heterocycles. The molecule has 0 fully saturated rings. The predicted octanol–water partition coefficient (Wildman–Crippen LogP) is 5.26. The van der Waals surface area contributed by atoms with E-state index in [1.807, 2.05) is 36.4 Å². The Balaban J connectivity index is 1.64. The summed E-state index contributed by atoms with van der Waals surface area (Å²) in [7, 11) is 0. The van der Waals surface area contributed by atoms with E-state index in [-0.39, 0.29) is 24.2 Å². The number of rotatable bonds is 7. The Bertz CT molecular complexity index is 1050. The van der Waals surface area contributed by atoms with Crippen LogP contribution in [0.2, 0.25) is 0 Å². The summed E-state index contributed by atoms with van der Waals surface area (Å²) in [5, 5.41) is 9.39. The lowest BCUT2D eigenvalue weighted by Crippen LogP contribution is -2.12. The molecule has 0 aliphatic heterocycles. The number of carbonyl (C=O) groups excluding carboxylic acids is 1. The maximum absolute atomic E-state index is 13.9. The Morgan fingerprint density at radius 2 is 1.69 bits per heavy atom. The van der Waals surface area contributed by atoms with Crippen LogP contribution in [0.15, 0.2) is 78.9 Å². The summed E-state index contributed by atoms with van der Waals surface area (Å²) < 4.78 is 24.8. The van der Waals surface area contributed by atoms with Gasteiger partial charge in [0.15, 0.2) is 0 Å². The minimum atomic E-state index is -0.471. The van der Waals surface area contributed by atoms with Crippen LogP contribution in [0.5, 0.6) is 11.5 Å². The molecule has 0 amide bonds. The Kier molecular flexibility index (Phi) is 6.75. The van der Waals surface area contributed by atoms with Crippen LogP contribution in [0.25, 0.3) is 11.6 Å². The van der Waals surface area contributed by atoms with Crippen molar-refractivity contribution in [2.45, 2.75) is 6.42 Å². The second-order valence-corrected chi connectivity index (χ2v) is 6.11. The number of benzene rings is 3. The number of ether oxygens (including phenoxy) is 2.